The first-order chi connectivity index (χ1) is 8.23. The quantitative estimate of drug-likeness (QED) is 0.400. The van der Waals surface area contributed by atoms with Gasteiger partial charge in [0.05, 0.1) is 11.0 Å². The van der Waals surface area contributed by atoms with Gasteiger partial charge >= 0.3 is 10.8 Å². The van der Waals surface area contributed by atoms with E-state index in [2.05, 4.69) is 9.97 Å². The van der Waals surface area contributed by atoms with Gasteiger partial charge in [0.15, 0.2) is 0 Å². The summed E-state index contributed by atoms with van der Waals surface area (Å²) in [6, 6.07) is 6.23. The van der Waals surface area contributed by atoms with Gasteiger partial charge in [-0.25, -0.2) is 9.97 Å². The molecule has 0 radical (unpaired) electrons. The number of nitrogens with zero attached hydrogens (tertiary/aromatic N) is 2. The van der Waals surface area contributed by atoms with Gasteiger partial charge in [-0.3, -0.25) is 0 Å². The maximum absolute atomic E-state index is 13.5. The molecule has 0 amide bonds. The normalized spacial score (nSPS) is 13.0. The van der Waals surface area contributed by atoms with E-state index in [0.29, 0.717) is 5.52 Å². The van der Waals surface area contributed by atoms with Gasteiger partial charge in [-0.2, -0.15) is 17.6 Å². The summed E-state index contributed by atoms with van der Waals surface area (Å²) in [7, 11) is 0. The van der Waals surface area contributed by atoms with E-state index in [1.807, 2.05) is 0 Å². The summed E-state index contributed by atoms with van der Waals surface area (Å²) < 4.78 is 52.6. The Morgan fingerprint density at radius 1 is 1.00 bits per heavy atom. The number of alkyl halides is 5. The van der Waals surface area contributed by atoms with E-state index in [4.69, 9.17) is 0 Å². The number of para-hydroxylation sites is 2. The molecule has 0 N–H and O–H groups in total. The second kappa shape index (κ2) is 4.55. The molecule has 18 heavy (non-hydrogen) atoms. The molecule has 0 saturated carbocycles. The van der Waals surface area contributed by atoms with Gasteiger partial charge in [0.1, 0.15) is 9.39 Å². The molecule has 2 rings (SSSR count). The maximum Gasteiger partial charge on any atom is 0.369 e. The van der Waals surface area contributed by atoms with E-state index in [1.165, 1.54) is 28.7 Å². The molecule has 0 atom stereocenters. The van der Waals surface area contributed by atoms with Crippen molar-refractivity contribution in [3.8, 4) is 0 Å². The highest BCUT2D eigenvalue weighted by atomic mass is 127. The number of fused-ring (bicyclic) bond motifs is 1. The van der Waals surface area contributed by atoms with Gasteiger partial charge < -0.3 is 0 Å². The first kappa shape index (κ1) is 13.9. The second-order valence-corrected chi connectivity index (χ2v) is 5.44. The molecule has 1 heterocycles. The van der Waals surface area contributed by atoms with Crippen molar-refractivity contribution in [1.29, 1.82) is 0 Å². The van der Waals surface area contributed by atoms with E-state index >= 15 is 0 Å². The maximum atomic E-state index is 13.5. The summed E-state index contributed by atoms with van der Waals surface area (Å²) in [5.74, 6) is -4.43. The SMILES string of the molecule is FC(F)(Br)C(F)(F)c1nc2ccccc2nc1I. The van der Waals surface area contributed by atoms with Crippen LogP contribution in [0.2, 0.25) is 0 Å². The number of hydrogen-bond acceptors (Lipinski definition) is 2. The number of rotatable bonds is 2. The summed E-state index contributed by atoms with van der Waals surface area (Å²) in [6.07, 6.45) is 0. The molecule has 0 unspecified atom stereocenters. The lowest BCUT2D eigenvalue weighted by atomic mass is 10.2. The fourth-order valence-electron chi connectivity index (χ4n) is 1.31. The van der Waals surface area contributed by atoms with E-state index < -0.39 is 16.4 Å². The highest BCUT2D eigenvalue weighted by Crippen LogP contribution is 2.47. The van der Waals surface area contributed by atoms with Crippen LogP contribution in [0.1, 0.15) is 5.69 Å². The molecule has 0 bridgehead atoms. The average Bonchev–Trinajstić information content (AvgIpc) is 2.26. The lowest BCUT2D eigenvalue weighted by Crippen LogP contribution is -2.34. The van der Waals surface area contributed by atoms with Crippen LogP contribution in [0, 0.1) is 3.70 Å². The molecule has 0 aliphatic carbocycles. The van der Waals surface area contributed by atoms with Crippen LogP contribution >= 0.6 is 38.5 Å². The molecular weight excluding hydrogens is 431 g/mol. The van der Waals surface area contributed by atoms with Crippen molar-refractivity contribution in [2.75, 3.05) is 0 Å². The van der Waals surface area contributed by atoms with E-state index in [9.17, 15) is 17.6 Å². The highest BCUT2D eigenvalue weighted by Gasteiger charge is 2.58. The Kier molecular flexibility index (Phi) is 3.52. The molecule has 8 heteroatoms. The predicted octanol–water partition coefficient (Wildman–Crippen LogP) is 4.31. The fourth-order valence-corrected chi connectivity index (χ4v) is 2.22. The van der Waals surface area contributed by atoms with Crippen molar-refractivity contribution in [3.05, 3.63) is 33.7 Å². The Hall–Kier alpha value is -0.510. The largest absolute Gasteiger partial charge is 0.369 e. The van der Waals surface area contributed by atoms with Crippen LogP contribution in [-0.4, -0.2) is 14.8 Å². The van der Waals surface area contributed by atoms with Crippen LogP contribution in [-0.2, 0) is 5.92 Å². The zero-order valence-corrected chi connectivity index (χ0v) is 12.2. The van der Waals surface area contributed by atoms with Crippen molar-refractivity contribution >= 4 is 49.6 Å². The summed E-state index contributed by atoms with van der Waals surface area (Å²) in [4.78, 5) is 3.05. The third-order valence-electron chi connectivity index (χ3n) is 2.18. The van der Waals surface area contributed by atoms with Crippen LogP contribution < -0.4 is 0 Å². The Morgan fingerprint density at radius 2 is 1.50 bits per heavy atom. The topological polar surface area (TPSA) is 25.8 Å². The molecule has 0 aliphatic rings. The van der Waals surface area contributed by atoms with Gasteiger partial charge in [0, 0.05) is 0 Å². The number of aromatic nitrogens is 2. The van der Waals surface area contributed by atoms with Gasteiger partial charge in [-0.1, -0.05) is 12.1 Å². The second-order valence-electron chi connectivity index (χ2n) is 3.42. The Balaban J connectivity index is 2.68. The Bertz CT molecular complexity index is 600. The van der Waals surface area contributed by atoms with Crippen molar-refractivity contribution in [2.24, 2.45) is 0 Å². The number of benzene rings is 1. The highest BCUT2D eigenvalue weighted by molar-refractivity contribution is 14.1. The van der Waals surface area contributed by atoms with Crippen LogP contribution in [0.25, 0.3) is 11.0 Å². The lowest BCUT2D eigenvalue weighted by molar-refractivity contribution is -0.157. The zero-order valence-electron chi connectivity index (χ0n) is 8.47. The van der Waals surface area contributed by atoms with Crippen molar-refractivity contribution < 1.29 is 17.6 Å². The molecule has 0 aliphatic heterocycles. The van der Waals surface area contributed by atoms with Crippen LogP contribution in [0.15, 0.2) is 24.3 Å². The van der Waals surface area contributed by atoms with E-state index in [0.717, 1.165) is 0 Å². The summed E-state index contributed by atoms with van der Waals surface area (Å²) in [5, 5.41) is 0. The van der Waals surface area contributed by atoms with Crippen LogP contribution in [0.5, 0.6) is 0 Å². The van der Waals surface area contributed by atoms with Gasteiger partial charge in [-0.15, -0.1) is 0 Å². The molecule has 1 aromatic carbocycles. The smallest absolute Gasteiger partial charge is 0.242 e. The fraction of sp³-hybridized carbons (Fsp3) is 0.200. The number of hydrogen-bond donors (Lipinski definition) is 0. The summed E-state index contributed by atoms with van der Waals surface area (Å²) in [6.45, 7) is 0. The van der Waals surface area contributed by atoms with Crippen molar-refractivity contribution in [3.63, 3.8) is 0 Å². The van der Waals surface area contributed by atoms with Crippen molar-refractivity contribution in [2.45, 2.75) is 10.8 Å². The van der Waals surface area contributed by atoms with Gasteiger partial charge in [-0.05, 0) is 50.7 Å². The van der Waals surface area contributed by atoms with Gasteiger partial charge in [0.2, 0.25) is 0 Å². The summed E-state index contributed by atoms with van der Waals surface area (Å²) >= 11 is 3.15. The molecule has 96 valence electrons. The molecular formula is C10H4BrF4IN2. The lowest BCUT2D eigenvalue weighted by Gasteiger charge is -2.21. The first-order valence-electron chi connectivity index (χ1n) is 4.61. The molecule has 0 fully saturated rings. The van der Waals surface area contributed by atoms with Crippen LogP contribution in [0.3, 0.4) is 0 Å². The molecule has 1 aromatic heterocycles. The average molecular weight is 435 g/mol. The summed E-state index contributed by atoms with van der Waals surface area (Å²) in [5.41, 5.74) is -0.521. The minimum absolute atomic E-state index is 0.143. The molecule has 2 aromatic rings. The zero-order chi connectivity index (χ0) is 13.6. The molecule has 0 spiro atoms. The van der Waals surface area contributed by atoms with Gasteiger partial charge in [0.25, 0.3) is 0 Å². The standard InChI is InChI=1S/C10H4BrF4IN2/c11-10(14,15)9(12,13)7-8(16)18-6-4-2-1-3-5(6)17-7/h1-4H. The minimum Gasteiger partial charge on any atom is -0.242 e. The number of halogens is 6. The first-order valence-corrected chi connectivity index (χ1v) is 6.48. The van der Waals surface area contributed by atoms with Crippen molar-refractivity contribution in [1.82, 2.24) is 9.97 Å². The Labute approximate surface area is 121 Å². The third-order valence-corrected chi connectivity index (χ3v) is 3.43. The predicted molar refractivity (Wildman–Crippen MR) is 70.0 cm³/mol. The minimum atomic E-state index is -4.43. The van der Waals surface area contributed by atoms with Crippen LogP contribution in [0.4, 0.5) is 17.6 Å². The molecule has 2 nitrogen and oxygen atoms in total. The van der Waals surface area contributed by atoms with E-state index in [1.54, 1.807) is 34.1 Å². The van der Waals surface area contributed by atoms with E-state index in [-0.39, 0.29) is 9.22 Å². The third kappa shape index (κ3) is 2.31. The monoisotopic (exact) mass is 434 g/mol. The Morgan fingerprint density at radius 3 is 2.00 bits per heavy atom. The molecule has 0 saturated heterocycles.